The highest BCUT2D eigenvalue weighted by molar-refractivity contribution is 4.99. The smallest absolute Gasteiger partial charge is 0.125 e. The second kappa shape index (κ2) is 3.73. The van der Waals surface area contributed by atoms with Gasteiger partial charge in [0, 0.05) is 25.5 Å². The minimum Gasteiger partial charge on any atom is -0.337 e. The Morgan fingerprint density at radius 1 is 1.57 bits per heavy atom. The normalized spacial score (nSPS) is 28.5. The Kier molecular flexibility index (Phi) is 2.59. The summed E-state index contributed by atoms with van der Waals surface area (Å²) in [6.45, 7) is 4.50. The van der Waals surface area contributed by atoms with Crippen LogP contribution in [0.3, 0.4) is 0 Å². The average Bonchev–Trinajstić information content (AvgIpc) is 2.58. The largest absolute Gasteiger partial charge is 0.337 e. The zero-order valence-electron chi connectivity index (χ0n) is 9.20. The topological polar surface area (TPSA) is 29.9 Å². The lowest BCUT2D eigenvalue weighted by Crippen LogP contribution is -2.44. The van der Waals surface area contributed by atoms with Gasteiger partial charge in [0.1, 0.15) is 5.82 Å². The van der Waals surface area contributed by atoms with Crippen LogP contribution in [0.15, 0.2) is 12.4 Å². The van der Waals surface area contributed by atoms with Crippen LogP contribution in [-0.4, -0.2) is 15.6 Å². The van der Waals surface area contributed by atoms with Crippen molar-refractivity contribution in [1.82, 2.24) is 14.9 Å². The number of aromatic nitrogens is 2. The molecular formula is C11H19N3. The molecule has 3 nitrogen and oxygen atoms in total. The summed E-state index contributed by atoms with van der Waals surface area (Å²) in [5.74, 6) is 1.96. The van der Waals surface area contributed by atoms with Gasteiger partial charge in [-0.3, -0.25) is 0 Å². The first-order valence-corrected chi connectivity index (χ1v) is 5.41. The molecule has 0 bridgehead atoms. The van der Waals surface area contributed by atoms with E-state index < -0.39 is 0 Å². The van der Waals surface area contributed by atoms with Crippen molar-refractivity contribution in [1.29, 1.82) is 0 Å². The fourth-order valence-corrected chi connectivity index (χ4v) is 2.10. The first-order chi connectivity index (χ1) is 6.68. The maximum absolute atomic E-state index is 4.35. The first kappa shape index (κ1) is 9.71. The summed E-state index contributed by atoms with van der Waals surface area (Å²) in [6.07, 6.45) is 6.54. The van der Waals surface area contributed by atoms with Gasteiger partial charge in [-0.1, -0.05) is 6.92 Å². The van der Waals surface area contributed by atoms with E-state index >= 15 is 0 Å². The summed E-state index contributed by atoms with van der Waals surface area (Å²) in [5.41, 5.74) is 0. The molecule has 0 radical (unpaired) electrons. The summed E-state index contributed by atoms with van der Waals surface area (Å²) >= 11 is 0. The Hall–Kier alpha value is -0.830. The third-order valence-corrected chi connectivity index (χ3v) is 3.33. The van der Waals surface area contributed by atoms with Crippen molar-refractivity contribution in [3.63, 3.8) is 0 Å². The summed E-state index contributed by atoms with van der Waals surface area (Å²) in [5, 5.41) is 3.63. The Morgan fingerprint density at radius 2 is 2.36 bits per heavy atom. The van der Waals surface area contributed by atoms with E-state index in [1.807, 2.05) is 19.4 Å². The molecule has 3 heteroatoms. The van der Waals surface area contributed by atoms with E-state index in [4.69, 9.17) is 0 Å². The third kappa shape index (κ3) is 1.69. The number of hydrogen-bond acceptors (Lipinski definition) is 2. The molecular weight excluding hydrogens is 174 g/mol. The van der Waals surface area contributed by atoms with Gasteiger partial charge in [-0.15, -0.1) is 0 Å². The van der Waals surface area contributed by atoms with Crippen LogP contribution in [0.4, 0.5) is 0 Å². The molecule has 0 amide bonds. The van der Waals surface area contributed by atoms with Crippen molar-refractivity contribution in [3.8, 4) is 0 Å². The number of hydrogen-bond donors (Lipinski definition) is 1. The van der Waals surface area contributed by atoms with Gasteiger partial charge in [-0.2, -0.15) is 0 Å². The van der Waals surface area contributed by atoms with Crippen LogP contribution in [0.5, 0.6) is 0 Å². The van der Waals surface area contributed by atoms with Crippen molar-refractivity contribution < 1.29 is 0 Å². The lowest BCUT2D eigenvalue weighted by molar-refractivity contribution is 0.210. The zero-order valence-corrected chi connectivity index (χ0v) is 9.20. The summed E-state index contributed by atoms with van der Waals surface area (Å²) in [6, 6.07) is 1.06. The van der Waals surface area contributed by atoms with Gasteiger partial charge in [0.25, 0.3) is 0 Å². The molecule has 14 heavy (non-hydrogen) atoms. The highest BCUT2D eigenvalue weighted by Gasteiger charge is 2.28. The molecule has 0 aromatic carbocycles. The number of aryl methyl sites for hydroxylation is 1. The number of nitrogens with zero attached hydrogens (tertiary/aromatic N) is 2. The van der Waals surface area contributed by atoms with Gasteiger partial charge < -0.3 is 9.88 Å². The van der Waals surface area contributed by atoms with Gasteiger partial charge >= 0.3 is 0 Å². The summed E-state index contributed by atoms with van der Waals surface area (Å²) < 4.78 is 2.08. The summed E-state index contributed by atoms with van der Waals surface area (Å²) in [4.78, 5) is 4.35. The molecule has 1 saturated carbocycles. The maximum atomic E-state index is 4.35. The highest BCUT2D eigenvalue weighted by Crippen LogP contribution is 2.28. The SMILES string of the molecule is CC(NC1CCC1C)c1nccn1C. The molecule has 0 spiro atoms. The van der Waals surface area contributed by atoms with E-state index in [-0.39, 0.29) is 0 Å². The third-order valence-electron chi connectivity index (χ3n) is 3.33. The quantitative estimate of drug-likeness (QED) is 0.794. The van der Waals surface area contributed by atoms with Gasteiger partial charge in [-0.05, 0) is 25.7 Å². The van der Waals surface area contributed by atoms with Crippen molar-refractivity contribution in [2.45, 2.75) is 38.8 Å². The lowest BCUT2D eigenvalue weighted by atomic mass is 9.81. The Morgan fingerprint density at radius 3 is 2.79 bits per heavy atom. The molecule has 0 aliphatic heterocycles. The monoisotopic (exact) mass is 193 g/mol. The number of nitrogens with one attached hydrogen (secondary N) is 1. The molecule has 1 aromatic rings. The molecule has 1 aromatic heterocycles. The van der Waals surface area contributed by atoms with Crippen LogP contribution in [0.2, 0.25) is 0 Å². The average molecular weight is 193 g/mol. The van der Waals surface area contributed by atoms with Crippen LogP contribution in [0.25, 0.3) is 0 Å². The van der Waals surface area contributed by atoms with E-state index in [0.717, 1.165) is 11.7 Å². The predicted octanol–water partition coefficient (Wildman–Crippen LogP) is 1.87. The maximum Gasteiger partial charge on any atom is 0.125 e. The van der Waals surface area contributed by atoms with E-state index in [1.54, 1.807) is 0 Å². The standard InChI is InChI=1S/C11H19N3/c1-8-4-5-10(8)13-9(2)11-12-6-7-14(11)3/h6-10,13H,4-5H2,1-3H3. The predicted molar refractivity (Wildman–Crippen MR) is 56.9 cm³/mol. The molecule has 3 unspecified atom stereocenters. The van der Waals surface area contributed by atoms with Crippen molar-refractivity contribution in [3.05, 3.63) is 18.2 Å². The van der Waals surface area contributed by atoms with Crippen molar-refractivity contribution >= 4 is 0 Å². The zero-order chi connectivity index (χ0) is 10.1. The molecule has 78 valence electrons. The van der Waals surface area contributed by atoms with Crippen molar-refractivity contribution in [2.75, 3.05) is 0 Å². The molecule has 2 rings (SSSR count). The van der Waals surface area contributed by atoms with E-state index in [1.165, 1.54) is 12.8 Å². The van der Waals surface area contributed by atoms with Crippen LogP contribution < -0.4 is 5.32 Å². The fraction of sp³-hybridized carbons (Fsp3) is 0.727. The second-order valence-electron chi connectivity index (χ2n) is 4.45. The van der Waals surface area contributed by atoms with E-state index in [0.29, 0.717) is 12.1 Å². The minimum atomic E-state index is 0.364. The molecule has 1 heterocycles. The van der Waals surface area contributed by atoms with Crippen LogP contribution >= 0.6 is 0 Å². The molecule has 1 aliphatic carbocycles. The highest BCUT2D eigenvalue weighted by atomic mass is 15.1. The van der Waals surface area contributed by atoms with Gasteiger partial charge in [0.15, 0.2) is 0 Å². The first-order valence-electron chi connectivity index (χ1n) is 5.41. The number of rotatable bonds is 3. The lowest BCUT2D eigenvalue weighted by Gasteiger charge is -2.36. The fourth-order valence-electron chi connectivity index (χ4n) is 2.10. The van der Waals surface area contributed by atoms with Crippen LogP contribution in [-0.2, 0) is 7.05 Å². The molecule has 1 fully saturated rings. The van der Waals surface area contributed by atoms with E-state index in [9.17, 15) is 0 Å². The Balaban J connectivity index is 1.95. The second-order valence-corrected chi connectivity index (χ2v) is 4.45. The van der Waals surface area contributed by atoms with Gasteiger partial charge in [0.2, 0.25) is 0 Å². The Bertz CT molecular complexity index is 305. The van der Waals surface area contributed by atoms with Gasteiger partial charge in [0.05, 0.1) is 6.04 Å². The molecule has 1 N–H and O–H groups in total. The molecule has 1 aliphatic rings. The number of imidazole rings is 1. The van der Waals surface area contributed by atoms with Gasteiger partial charge in [-0.25, -0.2) is 4.98 Å². The minimum absolute atomic E-state index is 0.364. The van der Waals surface area contributed by atoms with Crippen molar-refractivity contribution in [2.24, 2.45) is 13.0 Å². The Labute approximate surface area is 85.5 Å². The van der Waals surface area contributed by atoms with Crippen LogP contribution in [0, 0.1) is 5.92 Å². The van der Waals surface area contributed by atoms with E-state index in [2.05, 4.69) is 28.7 Å². The summed E-state index contributed by atoms with van der Waals surface area (Å²) in [7, 11) is 2.05. The molecule has 0 saturated heterocycles. The molecule has 3 atom stereocenters. The van der Waals surface area contributed by atoms with Crippen LogP contribution in [0.1, 0.15) is 38.6 Å².